The van der Waals surface area contributed by atoms with Crippen molar-refractivity contribution in [3.63, 3.8) is 0 Å². The Labute approximate surface area is 149 Å². The molecule has 2 aliphatic heterocycles. The fourth-order valence-corrected chi connectivity index (χ4v) is 3.83. The average Bonchev–Trinajstić information content (AvgIpc) is 2.67. The van der Waals surface area contributed by atoms with Crippen molar-refractivity contribution in [2.75, 3.05) is 20.3 Å². The lowest BCUT2D eigenvalue weighted by Gasteiger charge is -2.44. The maximum atomic E-state index is 6.44. The molecule has 0 bridgehead atoms. The van der Waals surface area contributed by atoms with E-state index in [0.29, 0.717) is 6.04 Å². The van der Waals surface area contributed by atoms with Crippen LogP contribution in [-0.4, -0.2) is 25.9 Å². The predicted octanol–water partition coefficient (Wildman–Crippen LogP) is 3.86. The summed E-state index contributed by atoms with van der Waals surface area (Å²) in [5, 5.41) is 3.74. The summed E-state index contributed by atoms with van der Waals surface area (Å²) in [5.41, 5.74) is 2.42. The minimum Gasteiger partial charge on any atom is -0.497 e. The molecule has 4 nitrogen and oxygen atoms in total. The van der Waals surface area contributed by atoms with Gasteiger partial charge in [0.1, 0.15) is 17.1 Å². The molecule has 0 radical (unpaired) electrons. The van der Waals surface area contributed by atoms with Crippen LogP contribution in [0.15, 0.2) is 48.5 Å². The van der Waals surface area contributed by atoms with Crippen molar-refractivity contribution >= 4 is 0 Å². The molecule has 0 amide bonds. The molecular weight excluding hydrogens is 314 g/mol. The maximum Gasteiger partial charge on any atom is 0.124 e. The number of nitrogens with one attached hydrogen (secondary N) is 1. The average molecular weight is 339 g/mol. The zero-order chi connectivity index (χ0) is 17.1. The van der Waals surface area contributed by atoms with Gasteiger partial charge in [-0.3, -0.25) is 0 Å². The minimum atomic E-state index is -0.0931. The summed E-state index contributed by atoms with van der Waals surface area (Å²) in [6, 6.07) is 16.9. The number of hydrogen-bond donors (Lipinski definition) is 1. The molecule has 4 heteroatoms. The highest BCUT2D eigenvalue weighted by molar-refractivity contribution is 5.39. The van der Waals surface area contributed by atoms with Gasteiger partial charge in [0.2, 0.25) is 0 Å². The Kier molecular flexibility index (Phi) is 4.64. The van der Waals surface area contributed by atoms with E-state index in [4.69, 9.17) is 14.2 Å². The third kappa shape index (κ3) is 3.51. The third-order valence-electron chi connectivity index (χ3n) is 5.31. The Balaban J connectivity index is 1.52. The summed E-state index contributed by atoms with van der Waals surface area (Å²) in [6.45, 7) is 2.40. The van der Waals surface area contributed by atoms with Crippen LogP contribution in [0.3, 0.4) is 0 Å². The largest absolute Gasteiger partial charge is 0.497 e. The predicted molar refractivity (Wildman–Crippen MR) is 97.0 cm³/mol. The molecule has 0 saturated carbocycles. The Morgan fingerprint density at radius 1 is 1.08 bits per heavy atom. The van der Waals surface area contributed by atoms with Crippen LogP contribution in [0.1, 0.15) is 36.4 Å². The van der Waals surface area contributed by atoms with Gasteiger partial charge < -0.3 is 19.5 Å². The summed E-state index contributed by atoms with van der Waals surface area (Å²) in [5.74, 6) is 1.91. The molecule has 1 saturated heterocycles. The molecule has 25 heavy (non-hydrogen) atoms. The van der Waals surface area contributed by atoms with Gasteiger partial charge in [0.15, 0.2) is 0 Å². The van der Waals surface area contributed by atoms with Crippen LogP contribution < -0.4 is 14.8 Å². The summed E-state index contributed by atoms with van der Waals surface area (Å²) in [4.78, 5) is 0. The van der Waals surface area contributed by atoms with E-state index in [1.165, 1.54) is 11.1 Å². The zero-order valence-corrected chi connectivity index (χ0v) is 14.7. The fourth-order valence-electron chi connectivity index (χ4n) is 3.83. The topological polar surface area (TPSA) is 39.7 Å². The molecule has 2 aliphatic rings. The van der Waals surface area contributed by atoms with Crippen molar-refractivity contribution < 1.29 is 14.2 Å². The summed E-state index contributed by atoms with van der Waals surface area (Å²) in [6.07, 6.45) is 2.91. The summed E-state index contributed by atoms with van der Waals surface area (Å²) >= 11 is 0. The molecule has 1 unspecified atom stereocenters. The van der Waals surface area contributed by atoms with E-state index in [2.05, 4.69) is 41.7 Å². The van der Waals surface area contributed by atoms with Crippen LogP contribution in [0.25, 0.3) is 0 Å². The van der Waals surface area contributed by atoms with E-state index in [1.54, 1.807) is 7.11 Å². The molecule has 0 aliphatic carbocycles. The normalized spacial score (nSPS) is 21.4. The van der Waals surface area contributed by atoms with Gasteiger partial charge in [-0.2, -0.15) is 0 Å². The number of benzene rings is 2. The molecule has 2 aromatic rings. The molecular formula is C21H25NO3. The fraction of sp³-hybridized carbons (Fsp3) is 0.429. The minimum absolute atomic E-state index is 0.0931. The van der Waals surface area contributed by atoms with Crippen molar-refractivity contribution in [1.29, 1.82) is 0 Å². The van der Waals surface area contributed by atoms with Gasteiger partial charge in [0.25, 0.3) is 0 Å². The number of ether oxygens (including phenoxy) is 3. The number of fused-ring (bicyclic) bond motifs is 1. The van der Waals surface area contributed by atoms with E-state index < -0.39 is 0 Å². The summed E-state index contributed by atoms with van der Waals surface area (Å²) < 4.78 is 17.2. The molecule has 4 rings (SSSR count). The van der Waals surface area contributed by atoms with Crippen molar-refractivity contribution in [1.82, 2.24) is 5.32 Å². The Morgan fingerprint density at radius 2 is 1.84 bits per heavy atom. The van der Waals surface area contributed by atoms with Crippen LogP contribution in [-0.2, 0) is 11.3 Å². The van der Waals surface area contributed by atoms with Crippen molar-refractivity contribution in [2.45, 2.75) is 37.5 Å². The van der Waals surface area contributed by atoms with Crippen molar-refractivity contribution in [3.05, 3.63) is 59.7 Å². The zero-order valence-electron chi connectivity index (χ0n) is 14.7. The van der Waals surface area contributed by atoms with Gasteiger partial charge in [-0.15, -0.1) is 0 Å². The second kappa shape index (κ2) is 7.06. The highest BCUT2D eigenvalue weighted by Crippen LogP contribution is 2.43. The lowest BCUT2D eigenvalue weighted by atomic mass is 9.82. The first-order valence-corrected chi connectivity index (χ1v) is 9.00. The SMILES string of the molecule is COc1ccc(CNC2CC3(CCOCC3)Oc3ccccc32)cc1. The molecule has 1 atom stereocenters. The number of methoxy groups -OCH3 is 1. The van der Waals surface area contributed by atoms with Crippen LogP contribution in [0.5, 0.6) is 11.5 Å². The first-order valence-electron chi connectivity index (χ1n) is 9.00. The van der Waals surface area contributed by atoms with Crippen LogP contribution in [0, 0.1) is 0 Å². The number of rotatable bonds is 4. The van der Waals surface area contributed by atoms with E-state index in [0.717, 1.165) is 50.5 Å². The van der Waals surface area contributed by atoms with E-state index in [-0.39, 0.29) is 5.60 Å². The smallest absolute Gasteiger partial charge is 0.124 e. The molecule has 2 aromatic carbocycles. The first-order chi connectivity index (χ1) is 12.3. The van der Waals surface area contributed by atoms with Gasteiger partial charge in [-0.25, -0.2) is 0 Å². The molecule has 132 valence electrons. The van der Waals surface area contributed by atoms with E-state index in [9.17, 15) is 0 Å². The van der Waals surface area contributed by atoms with Crippen LogP contribution in [0.2, 0.25) is 0 Å². The maximum absolute atomic E-state index is 6.44. The van der Waals surface area contributed by atoms with Gasteiger partial charge in [-0.1, -0.05) is 30.3 Å². The number of hydrogen-bond acceptors (Lipinski definition) is 4. The summed E-state index contributed by atoms with van der Waals surface area (Å²) in [7, 11) is 1.69. The van der Waals surface area contributed by atoms with Crippen LogP contribution in [0.4, 0.5) is 0 Å². The molecule has 1 fully saturated rings. The van der Waals surface area contributed by atoms with E-state index in [1.807, 2.05) is 12.1 Å². The van der Waals surface area contributed by atoms with E-state index >= 15 is 0 Å². The quantitative estimate of drug-likeness (QED) is 0.918. The van der Waals surface area contributed by atoms with Gasteiger partial charge in [0, 0.05) is 37.4 Å². The van der Waals surface area contributed by atoms with Gasteiger partial charge in [-0.05, 0) is 23.8 Å². The van der Waals surface area contributed by atoms with Crippen molar-refractivity contribution in [3.8, 4) is 11.5 Å². The Hall–Kier alpha value is -2.04. The van der Waals surface area contributed by atoms with Crippen molar-refractivity contribution in [2.24, 2.45) is 0 Å². The molecule has 1 N–H and O–H groups in total. The first kappa shape index (κ1) is 16.4. The highest BCUT2D eigenvalue weighted by atomic mass is 16.5. The standard InChI is InChI=1S/C21H25NO3/c1-23-17-8-6-16(7-9-17)15-22-19-14-21(10-12-24-13-11-21)25-20-5-3-2-4-18(19)20/h2-9,19,22H,10-15H2,1H3. The van der Waals surface area contributed by atoms with Gasteiger partial charge in [0.05, 0.1) is 20.3 Å². The lowest BCUT2D eigenvalue weighted by molar-refractivity contribution is -0.0647. The Morgan fingerprint density at radius 3 is 2.60 bits per heavy atom. The Bertz CT molecular complexity index is 707. The number of para-hydroxylation sites is 1. The molecule has 2 heterocycles. The third-order valence-corrected chi connectivity index (χ3v) is 5.31. The highest BCUT2D eigenvalue weighted by Gasteiger charge is 2.41. The molecule has 0 aromatic heterocycles. The van der Waals surface area contributed by atoms with Gasteiger partial charge >= 0.3 is 0 Å². The second-order valence-electron chi connectivity index (χ2n) is 6.92. The van der Waals surface area contributed by atoms with Crippen LogP contribution >= 0.6 is 0 Å². The lowest BCUT2D eigenvalue weighted by Crippen LogP contribution is -2.47. The second-order valence-corrected chi connectivity index (χ2v) is 6.92. The molecule has 1 spiro atoms. The monoisotopic (exact) mass is 339 g/mol.